The van der Waals surface area contributed by atoms with Gasteiger partial charge < -0.3 is 15.0 Å². The molecule has 0 amide bonds. The molecule has 0 radical (unpaired) electrons. The third kappa shape index (κ3) is 5.55. The third-order valence-electron chi connectivity index (χ3n) is 5.07. The molecule has 0 aliphatic carbocycles. The van der Waals surface area contributed by atoms with Crippen molar-refractivity contribution < 1.29 is 9.13 Å². The number of hydrogen-bond acceptors (Lipinski definition) is 3. The Hall–Kier alpha value is -1.91. The first-order chi connectivity index (χ1) is 12.7. The van der Waals surface area contributed by atoms with E-state index in [1.165, 1.54) is 31.5 Å². The van der Waals surface area contributed by atoms with E-state index >= 15 is 0 Å². The summed E-state index contributed by atoms with van der Waals surface area (Å²) in [5.74, 6) is 0.754. The van der Waals surface area contributed by atoms with Gasteiger partial charge in [-0.05, 0) is 56.5 Å². The summed E-state index contributed by atoms with van der Waals surface area (Å²) in [6.07, 6.45) is 3.70. The number of para-hydroxylation sites is 1. The van der Waals surface area contributed by atoms with Crippen LogP contribution in [0, 0.1) is 5.82 Å². The highest BCUT2D eigenvalue weighted by molar-refractivity contribution is 5.33. The molecule has 1 atom stereocenters. The van der Waals surface area contributed by atoms with E-state index in [1.807, 2.05) is 30.3 Å². The Morgan fingerprint density at radius 2 is 1.92 bits per heavy atom. The van der Waals surface area contributed by atoms with E-state index < -0.39 is 0 Å². The van der Waals surface area contributed by atoms with Gasteiger partial charge in [0.25, 0.3) is 0 Å². The molecule has 1 unspecified atom stereocenters. The minimum atomic E-state index is -0.198. The van der Waals surface area contributed by atoms with E-state index in [0.717, 1.165) is 49.0 Å². The number of benzene rings is 2. The van der Waals surface area contributed by atoms with Crippen LogP contribution in [0.15, 0.2) is 48.5 Å². The molecule has 1 heterocycles. The van der Waals surface area contributed by atoms with Crippen molar-refractivity contribution in [1.29, 1.82) is 0 Å². The summed E-state index contributed by atoms with van der Waals surface area (Å²) in [6, 6.07) is 15.5. The highest BCUT2D eigenvalue weighted by Crippen LogP contribution is 2.19. The van der Waals surface area contributed by atoms with Gasteiger partial charge in [0.15, 0.2) is 0 Å². The fourth-order valence-corrected chi connectivity index (χ4v) is 3.51. The van der Waals surface area contributed by atoms with Crippen molar-refractivity contribution in [1.82, 2.24) is 10.2 Å². The predicted molar refractivity (Wildman–Crippen MR) is 104 cm³/mol. The van der Waals surface area contributed by atoms with Crippen LogP contribution in [0.1, 0.15) is 37.3 Å². The van der Waals surface area contributed by atoms with Gasteiger partial charge in [-0.25, -0.2) is 4.39 Å². The molecule has 1 fully saturated rings. The lowest BCUT2D eigenvalue weighted by Crippen LogP contribution is -2.28. The van der Waals surface area contributed by atoms with E-state index in [4.69, 9.17) is 4.74 Å². The smallest absolute Gasteiger partial charge is 0.123 e. The topological polar surface area (TPSA) is 24.5 Å². The quantitative estimate of drug-likeness (QED) is 0.675. The number of halogens is 1. The molecule has 140 valence electrons. The molecule has 2 aromatic rings. The van der Waals surface area contributed by atoms with Crippen molar-refractivity contribution in [3.8, 4) is 5.75 Å². The first-order valence-electron chi connectivity index (χ1n) is 9.62. The Kier molecular flexibility index (Phi) is 7.04. The van der Waals surface area contributed by atoms with Crippen molar-refractivity contribution in [3.05, 3.63) is 65.5 Å². The van der Waals surface area contributed by atoms with E-state index in [1.54, 1.807) is 0 Å². The second-order valence-electron chi connectivity index (χ2n) is 7.07. The first kappa shape index (κ1) is 18.9. The molecular weight excluding hydrogens is 327 g/mol. The number of nitrogens with zero attached hydrogens (tertiary/aromatic N) is 1. The molecule has 0 bridgehead atoms. The monoisotopic (exact) mass is 356 g/mol. The lowest BCUT2D eigenvalue weighted by Gasteiger charge is -2.21. The molecule has 4 heteroatoms. The first-order valence-corrected chi connectivity index (χ1v) is 9.62. The van der Waals surface area contributed by atoms with Crippen LogP contribution in [-0.4, -0.2) is 30.6 Å². The van der Waals surface area contributed by atoms with Gasteiger partial charge in [-0.3, -0.25) is 0 Å². The Morgan fingerprint density at radius 1 is 1.12 bits per heavy atom. The molecule has 1 aliphatic heterocycles. The number of rotatable bonds is 9. The molecule has 1 N–H and O–H groups in total. The second-order valence-corrected chi connectivity index (χ2v) is 7.07. The van der Waals surface area contributed by atoms with Gasteiger partial charge in [0, 0.05) is 31.2 Å². The average Bonchev–Trinajstić information content (AvgIpc) is 3.06. The lowest BCUT2D eigenvalue weighted by molar-refractivity contribution is 0.229. The highest BCUT2D eigenvalue weighted by atomic mass is 19.1. The van der Waals surface area contributed by atoms with Gasteiger partial charge in [-0.15, -0.1) is 0 Å². The number of nitrogens with one attached hydrogen (secondary N) is 1. The van der Waals surface area contributed by atoms with Crippen LogP contribution < -0.4 is 10.1 Å². The van der Waals surface area contributed by atoms with Crippen molar-refractivity contribution >= 4 is 0 Å². The zero-order chi connectivity index (χ0) is 18.2. The van der Waals surface area contributed by atoms with E-state index in [-0.39, 0.29) is 5.82 Å². The van der Waals surface area contributed by atoms with Crippen molar-refractivity contribution in [2.24, 2.45) is 0 Å². The van der Waals surface area contributed by atoms with Crippen molar-refractivity contribution in [2.45, 2.75) is 45.3 Å². The number of ether oxygens (including phenoxy) is 1. The SMILES string of the molecule is CC1CCCN1CCCOc1ccccc1CNCc1ccc(F)cc1. The fraction of sp³-hybridized carbons (Fsp3) is 0.455. The minimum Gasteiger partial charge on any atom is -0.493 e. The second kappa shape index (κ2) is 9.70. The van der Waals surface area contributed by atoms with Crippen molar-refractivity contribution in [2.75, 3.05) is 19.7 Å². The van der Waals surface area contributed by atoms with Crippen LogP contribution in [0.2, 0.25) is 0 Å². The lowest BCUT2D eigenvalue weighted by atomic mass is 10.2. The van der Waals surface area contributed by atoms with Crippen LogP contribution in [0.5, 0.6) is 5.75 Å². The molecule has 1 aliphatic rings. The maximum Gasteiger partial charge on any atom is 0.123 e. The Balaban J connectivity index is 1.42. The van der Waals surface area contributed by atoms with Crippen molar-refractivity contribution in [3.63, 3.8) is 0 Å². The summed E-state index contributed by atoms with van der Waals surface area (Å²) in [4.78, 5) is 2.56. The summed E-state index contributed by atoms with van der Waals surface area (Å²) in [6.45, 7) is 6.85. The zero-order valence-electron chi connectivity index (χ0n) is 15.6. The molecule has 0 aromatic heterocycles. The Morgan fingerprint density at radius 3 is 2.69 bits per heavy atom. The van der Waals surface area contributed by atoms with Crippen LogP contribution in [0.4, 0.5) is 4.39 Å². The summed E-state index contributed by atoms with van der Waals surface area (Å²) in [7, 11) is 0. The van der Waals surface area contributed by atoms with Gasteiger partial charge in [-0.2, -0.15) is 0 Å². The molecule has 1 saturated heterocycles. The third-order valence-corrected chi connectivity index (χ3v) is 5.07. The standard InChI is InChI=1S/C22H29FN2O/c1-18-6-4-13-25(18)14-5-15-26-22-8-3-2-7-20(22)17-24-16-19-9-11-21(23)12-10-19/h2-3,7-12,18,24H,4-6,13-17H2,1H3. The average molecular weight is 356 g/mol. The number of hydrogen-bond donors (Lipinski definition) is 1. The molecule has 26 heavy (non-hydrogen) atoms. The predicted octanol–water partition coefficient (Wildman–Crippen LogP) is 4.37. The molecule has 3 rings (SSSR count). The number of likely N-dealkylation sites (tertiary alicyclic amines) is 1. The molecule has 0 saturated carbocycles. The van der Waals surface area contributed by atoms with E-state index in [0.29, 0.717) is 6.54 Å². The van der Waals surface area contributed by atoms with Gasteiger partial charge in [0.1, 0.15) is 11.6 Å². The molecule has 0 spiro atoms. The van der Waals surface area contributed by atoms with Crippen LogP contribution in [-0.2, 0) is 13.1 Å². The summed E-state index contributed by atoms with van der Waals surface area (Å²) in [5.41, 5.74) is 2.23. The van der Waals surface area contributed by atoms with Crippen LogP contribution in [0.25, 0.3) is 0 Å². The van der Waals surface area contributed by atoms with Gasteiger partial charge in [-0.1, -0.05) is 30.3 Å². The van der Waals surface area contributed by atoms with E-state index in [9.17, 15) is 4.39 Å². The summed E-state index contributed by atoms with van der Waals surface area (Å²) < 4.78 is 19.0. The Labute approximate surface area is 156 Å². The largest absolute Gasteiger partial charge is 0.493 e. The zero-order valence-corrected chi connectivity index (χ0v) is 15.6. The minimum absolute atomic E-state index is 0.198. The summed E-state index contributed by atoms with van der Waals surface area (Å²) in [5, 5.41) is 3.41. The van der Waals surface area contributed by atoms with Gasteiger partial charge in [0.2, 0.25) is 0 Å². The normalized spacial score (nSPS) is 17.5. The van der Waals surface area contributed by atoms with Crippen LogP contribution in [0.3, 0.4) is 0 Å². The highest BCUT2D eigenvalue weighted by Gasteiger charge is 2.19. The summed E-state index contributed by atoms with van der Waals surface area (Å²) >= 11 is 0. The van der Waals surface area contributed by atoms with E-state index in [2.05, 4.69) is 23.2 Å². The van der Waals surface area contributed by atoms with Crippen LogP contribution >= 0.6 is 0 Å². The van der Waals surface area contributed by atoms with Gasteiger partial charge >= 0.3 is 0 Å². The maximum atomic E-state index is 13.0. The maximum absolute atomic E-state index is 13.0. The Bertz CT molecular complexity index is 674. The molecule has 3 nitrogen and oxygen atoms in total. The fourth-order valence-electron chi connectivity index (χ4n) is 3.51. The molecular formula is C22H29FN2O. The van der Waals surface area contributed by atoms with Gasteiger partial charge in [0.05, 0.1) is 6.61 Å². The molecule has 2 aromatic carbocycles.